The Balaban J connectivity index is 1.69. The Hall–Kier alpha value is -0.610. The van der Waals surface area contributed by atoms with Crippen LogP contribution in [0.3, 0.4) is 0 Å². The van der Waals surface area contributed by atoms with Crippen molar-refractivity contribution in [3.8, 4) is 0 Å². The molecule has 3 rings (SSSR count). The molecule has 2 fully saturated rings. The maximum Gasteiger partial charge on any atom is 0.185 e. The fraction of sp³-hybridized carbons (Fsp3) is 0.786. The zero-order chi connectivity index (χ0) is 12.5. The molecule has 0 aliphatic heterocycles. The first-order valence-electron chi connectivity index (χ1n) is 7.23. The monoisotopic (exact) mass is 265 g/mol. The van der Waals surface area contributed by atoms with Gasteiger partial charge in [-0.15, -0.1) is 11.3 Å². The van der Waals surface area contributed by atoms with Crippen molar-refractivity contribution in [3.05, 3.63) is 11.1 Å². The molecule has 18 heavy (non-hydrogen) atoms. The molecule has 3 nitrogen and oxygen atoms in total. The van der Waals surface area contributed by atoms with Crippen LogP contribution in [0, 0.1) is 5.92 Å². The average Bonchev–Trinajstić information content (AvgIpc) is 3.26. The summed E-state index contributed by atoms with van der Waals surface area (Å²) in [6.07, 6.45) is 5.58. The molecule has 1 unspecified atom stereocenters. The zero-order valence-electron chi connectivity index (χ0n) is 11.4. The lowest BCUT2D eigenvalue weighted by Crippen LogP contribution is -2.28. The lowest BCUT2D eigenvalue weighted by Gasteiger charge is -2.21. The van der Waals surface area contributed by atoms with E-state index in [0.717, 1.165) is 18.5 Å². The summed E-state index contributed by atoms with van der Waals surface area (Å²) in [5, 5.41) is 6.92. The highest BCUT2D eigenvalue weighted by Gasteiger charge is 2.35. The van der Waals surface area contributed by atoms with Crippen LogP contribution in [0.25, 0.3) is 0 Å². The normalized spacial score (nSPS) is 21.0. The van der Waals surface area contributed by atoms with E-state index in [1.54, 1.807) is 0 Å². The second kappa shape index (κ2) is 5.17. The van der Waals surface area contributed by atoms with Gasteiger partial charge < -0.3 is 10.2 Å². The second-order valence-corrected chi connectivity index (χ2v) is 6.50. The molecule has 0 radical (unpaired) electrons. The minimum absolute atomic E-state index is 0.377. The number of anilines is 1. The van der Waals surface area contributed by atoms with Crippen LogP contribution in [0.5, 0.6) is 0 Å². The molecule has 0 bridgehead atoms. The smallest absolute Gasteiger partial charge is 0.185 e. The summed E-state index contributed by atoms with van der Waals surface area (Å²) in [6, 6.07) is 1.17. The minimum Gasteiger partial charge on any atom is -0.345 e. The van der Waals surface area contributed by atoms with Crippen molar-refractivity contribution in [1.82, 2.24) is 10.3 Å². The van der Waals surface area contributed by atoms with Crippen LogP contribution in [0.4, 0.5) is 5.13 Å². The van der Waals surface area contributed by atoms with E-state index in [9.17, 15) is 0 Å². The summed E-state index contributed by atoms with van der Waals surface area (Å²) in [7, 11) is 0. The molecule has 1 atom stereocenters. The number of hydrogen-bond donors (Lipinski definition) is 1. The maximum absolute atomic E-state index is 4.85. The molecular weight excluding hydrogens is 242 g/mol. The van der Waals surface area contributed by atoms with Gasteiger partial charge in [-0.25, -0.2) is 4.98 Å². The standard InChI is InChI=1S/C14H23N3S/c1-3-15-10(2)13-9-18-14(16-13)17(12-6-7-12)8-11-4-5-11/h9-12,15H,3-8H2,1-2H3. The van der Waals surface area contributed by atoms with E-state index in [0.29, 0.717) is 6.04 Å². The van der Waals surface area contributed by atoms with Gasteiger partial charge in [0.1, 0.15) is 0 Å². The SMILES string of the molecule is CCNC(C)c1csc(N(CC2CC2)C2CC2)n1. The molecule has 1 aromatic heterocycles. The molecular formula is C14H23N3S. The molecule has 100 valence electrons. The fourth-order valence-corrected chi connectivity index (χ4v) is 3.37. The first kappa shape index (κ1) is 12.4. The van der Waals surface area contributed by atoms with Gasteiger partial charge in [-0.3, -0.25) is 0 Å². The molecule has 2 saturated carbocycles. The molecule has 0 aromatic carbocycles. The van der Waals surface area contributed by atoms with Gasteiger partial charge in [0.15, 0.2) is 5.13 Å². The second-order valence-electron chi connectivity index (χ2n) is 5.66. The van der Waals surface area contributed by atoms with Crippen molar-refractivity contribution >= 4 is 16.5 Å². The third-order valence-corrected chi connectivity index (χ3v) is 4.74. The Kier molecular flexibility index (Phi) is 3.57. The predicted molar refractivity (Wildman–Crippen MR) is 77.3 cm³/mol. The Bertz CT molecular complexity index is 395. The average molecular weight is 265 g/mol. The van der Waals surface area contributed by atoms with Crippen molar-refractivity contribution in [1.29, 1.82) is 0 Å². The maximum atomic E-state index is 4.85. The largest absolute Gasteiger partial charge is 0.345 e. The van der Waals surface area contributed by atoms with E-state index in [-0.39, 0.29) is 0 Å². The number of nitrogens with one attached hydrogen (secondary N) is 1. The lowest BCUT2D eigenvalue weighted by atomic mass is 10.2. The molecule has 1 N–H and O–H groups in total. The molecule has 1 aromatic rings. The summed E-state index contributed by atoms with van der Waals surface area (Å²) in [6.45, 7) is 6.59. The number of rotatable bonds is 7. The van der Waals surface area contributed by atoms with Gasteiger partial charge in [0.05, 0.1) is 5.69 Å². The molecule has 0 spiro atoms. The summed E-state index contributed by atoms with van der Waals surface area (Å²) < 4.78 is 0. The number of thiazole rings is 1. The van der Waals surface area contributed by atoms with Crippen LogP contribution in [-0.2, 0) is 0 Å². The summed E-state index contributed by atoms with van der Waals surface area (Å²) in [5.74, 6) is 0.948. The topological polar surface area (TPSA) is 28.2 Å². The van der Waals surface area contributed by atoms with Crippen LogP contribution in [0.1, 0.15) is 51.3 Å². The molecule has 0 amide bonds. The first-order valence-corrected chi connectivity index (χ1v) is 8.11. The van der Waals surface area contributed by atoms with Crippen LogP contribution in [-0.4, -0.2) is 24.1 Å². The summed E-state index contributed by atoms with van der Waals surface area (Å²) >= 11 is 1.82. The first-order chi connectivity index (χ1) is 8.78. The molecule has 0 saturated heterocycles. The quantitative estimate of drug-likeness (QED) is 0.820. The highest BCUT2D eigenvalue weighted by Crippen LogP contribution is 2.39. The Labute approximate surface area is 114 Å². The van der Waals surface area contributed by atoms with E-state index < -0.39 is 0 Å². The van der Waals surface area contributed by atoms with Gasteiger partial charge in [0, 0.05) is 24.0 Å². The number of aromatic nitrogens is 1. The van der Waals surface area contributed by atoms with Crippen LogP contribution < -0.4 is 10.2 Å². The van der Waals surface area contributed by atoms with E-state index in [1.807, 2.05) is 11.3 Å². The summed E-state index contributed by atoms with van der Waals surface area (Å²) in [4.78, 5) is 7.43. The number of hydrogen-bond acceptors (Lipinski definition) is 4. The number of nitrogens with zero attached hydrogens (tertiary/aromatic N) is 2. The van der Waals surface area contributed by atoms with Crippen molar-refractivity contribution in [2.75, 3.05) is 18.0 Å². The van der Waals surface area contributed by atoms with Crippen molar-refractivity contribution in [2.24, 2.45) is 5.92 Å². The predicted octanol–water partition coefficient (Wildman–Crippen LogP) is 3.19. The van der Waals surface area contributed by atoms with Gasteiger partial charge in [-0.1, -0.05) is 6.92 Å². The third kappa shape index (κ3) is 2.86. The van der Waals surface area contributed by atoms with Gasteiger partial charge >= 0.3 is 0 Å². The van der Waals surface area contributed by atoms with Crippen LogP contribution >= 0.6 is 11.3 Å². The van der Waals surface area contributed by atoms with Gasteiger partial charge in [-0.2, -0.15) is 0 Å². The van der Waals surface area contributed by atoms with E-state index >= 15 is 0 Å². The van der Waals surface area contributed by atoms with Gasteiger partial charge in [-0.05, 0) is 45.1 Å². The van der Waals surface area contributed by atoms with Crippen LogP contribution in [0.2, 0.25) is 0 Å². The van der Waals surface area contributed by atoms with E-state index in [4.69, 9.17) is 4.98 Å². The van der Waals surface area contributed by atoms with Crippen molar-refractivity contribution in [2.45, 2.75) is 51.6 Å². The third-order valence-electron chi connectivity index (χ3n) is 3.85. The van der Waals surface area contributed by atoms with E-state index in [2.05, 4.69) is 29.4 Å². The van der Waals surface area contributed by atoms with E-state index in [1.165, 1.54) is 43.1 Å². The Morgan fingerprint density at radius 1 is 1.44 bits per heavy atom. The highest BCUT2D eigenvalue weighted by molar-refractivity contribution is 7.13. The van der Waals surface area contributed by atoms with Crippen LogP contribution in [0.15, 0.2) is 5.38 Å². The Morgan fingerprint density at radius 3 is 2.83 bits per heavy atom. The zero-order valence-corrected chi connectivity index (χ0v) is 12.2. The molecule has 4 heteroatoms. The molecule has 1 heterocycles. The fourth-order valence-electron chi connectivity index (χ4n) is 2.37. The van der Waals surface area contributed by atoms with Crippen molar-refractivity contribution in [3.63, 3.8) is 0 Å². The Morgan fingerprint density at radius 2 is 2.22 bits per heavy atom. The molecule has 2 aliphatic carbocycles. The van der Waals surface area contributed by atoms with Gasteiger partial charge in [0.25, 0.3) is 0 Å². The molecule has 2 aliphatic rings. The lowest BCUT2D eigenvalue weighted by molar-refractivity contribution is 0.585. The minimum atomic E-state index is 0.377. The van der Waals surface area contributed by atoms with Crippen molar-refractivity contribution < 1.29 is 0 Å². The van der Waals surface area contributed by atoms with Gasteiger partial charge in [0.2, 0.25) is 0 Å². The highest BCUT2D eigenvalue weighted by atomic mass is 32.1. The summed E-state index contributed by atoms with van der Waals surface area (Å²) in [5.41, 5.74) is 1.21.